The lowest BCUT2D eigenvalue weighted by atomic mass is 9.51. The SMILES string of the molecule is Cc1cccc([C@H]2C3=CC[C@@H]4C(=O)N(C5CCN(Cc6ccccc6)CC5)C(=O)[C@@H]4[C@@H]3C[C@H]3C(=O)N(c4ccccc4)C(=O)[C@@]23C)c1O. The fourth-order valence-electron chi connectivity index (χ4n) is 9.66. The number of hydrogen-bond donors (Lipinski definition) is 1. The van der Waals surface area contributed by atoms with Gasteiger partial charge in [-0.3, -0.25) is 29.0 Å². The molecule has 246 valence electrons. The number of aromatic hydroxyl groups is 1. The van der Waals surface area contributed by atoms with Crippen molar-refractivity contribution in [3.8, 4) is 5.75 Å². The van der Waals surface area contributed by atoms with Crippen molar-refractivity contribution in [3.05, 3.63) is 107 Å². The van der Waals surface area contributed by atoms with E-state index in [1.54, 1.807) is 29.2 Å². The van der Waals surface area contributed by atoms with E-state index in [0.717, 1.165) is 38.0 Å². The van der Waals surface area contributed by atoms with Crippen LogP contribution in [0.25, 0.3) is 0 Å². The molecule has 8 heteroatoms. The molecule has 4 fully saturated rings. The lowest BCUT2D eigenvalue weighted by Gasteiger charge is -2.49. The minimum absolute atomic E-state index is 0.0993. The number of para-hydroxylation sites is 2. The normalized spacial score (nSPS) is 30.7. The van der Waals surface area contributed by atoms with E-state index in [2.05, 4.69) is 23.1 Å². The van der Waals surface area contributed by atoms with Gasteiger partial charge in [0.15, 0.2) is 0 Å². The Balaban J connectivity index is 1.13. The van der Waals surface area contributed by atoms with Gasteiger partial charge in [0.05, 0.1) is 28.9 Å². The van der Waals surface area contributed by atoms with Crippen molar-refractivity contribution in [1.82, 2.24) is 9.80 Å². The van der Waals surface area contributed by atoms with Gasteiger partial charge in [-0.15, -0.1) is 0 Å². The molecule has 4 amide bonds. The van der Waals surface area contributed by atoms with E-state index < -0.39 is 29.1 Å². The van der Waals surface area contributed by atoms with E-state index in [4.69, 9.17) is 0 Å². The topological polar surface area (TPSA) is 98.2 Å². The number of rotatable bonds is 5. The minimum atomic E-state index is -1.18. The first-order valence-electron chi connectivity index (χ1n) is 17.2. The first-order chi connectivity index (χ1) is 23.2. The first-order valence-corrected chi connectivity index (χ1v) is 17.2. The number of amides is 4. The van der Waals surface area contributed by atoms with Crippen LogP contribution in [0.15, 0.2) is 90.5 Å². The fraction of sp³-hybridized carbons (Fsp3) is 0.400. The summed E-state index contributed by atoms with van der Waals surface area (Å²) in [6.07, 6.45) is 4.23. The van der Waals surface area contributed by atoms with Crippen molar-refractivity contribution in [2.24, 2.45) is 29.1 Å². The van der Waals surface area contributed by atoms with Gasteiger partial charge in [-0.1, -0.05) is 78.4 Å². The summed E-state index contributed by atoms with van der Waals surface area (Å²) in [5.74, 6) is -3.53. The van der Waals surface area contributed by atoms with Crippen LogP contribution >= 0.6 is 0 Å². The highest BCUT2D eigenvalue weighted by Crippen LogP contribution is 2.64. The van der Waals surface area contributed by atoms with Crippen LogP contribution in [0, 0.1) is 36.0 Å². The molecule has 3 aromatic carbocycles. The highest BCUT2D eigenvalue weighted by atomic mass is 16.3. The fourth-order valence-corrected chi connectivity index (χ4v) is 9.66. The number of carbonyl (C=O) groups is 4. The van der Waals surface area contributed by atoms with Crippen LogP contribution in [-0.4, -0.2) is 57.7 Å². The summed E-state index contributed by atoms with van der Waals surface area (Å²) in [4.78, 5) is 62.7. The van der Waals surface area contributed by atoms with Gasteiger partial charge < -0.3 is 5.11 Å². The summed E-state index contributed by atoms with van der Waals surface area (Å²) in [5, 5.41) is 11.4. The summed E-state index contributed by atoms with van der Waals surface area (Å²) < 4.78 is 0. The summed E-state index contributed by atoms with van der Waals surface area (Å²) in [6, 6.07) is 24.7. The molecule has 8 nitrogen and oxygen atoms in total. The summed E-state index contributed by atoms with van der Waals surface area (Å²) in [5.41, 5.74) is 2.75. The Morgan fingerprint density at radius 3 is 2.21 bits per heavy atom. The van der Waals surface area contributed by atoms with E-state index >= 15 is 0 Å². The molecule has 3 aliphatic heterocycles. The highest BCUT2D eigenvalue weighted by molar-refractivity contribution is 6.24. The molecule has 5 aliphatic rings. The maximum absolute atomic E-state index is 14.5. The van der Waals surface area contributed by atoms with E-state index in [1.807, 2.05) is 56.3 Å². The van der Waals surface area contributed by atoms with Gasteiger partial charge in [-0.25, -0.2) is 4.90 Å². The Hall–Kier alpha value is -4.56. The zero-order chi connectivity index (χ0) is 33.3. The number of phenols is 1. The molecule has 1 N–H and O–H groups in total. The third-order valence-corrected chi connectivity index (χ3v) is 12.1. The number of phenolic OH excluding ortho intramolecular Hbond substituents is 1. The Labute approximate surface area is 281 Å². The third-order valence-electron chi connectivity index (χ3n) is 12.1. The van der Waals surface area contributed by atoms with Gasteiger partial charge in [-0.2, -0.15) is 0 Å². The van der Waals surface area contributed by atoms with E-state index in [0.29, 0.717) is 29.7 Å². The number of imide groups is 2. The second-order valence-electron chi connectivity index (χ2n) is 14.5. The van der Waals surface area contributed by atoms with Crippen molar-refractivity contribution < 1.29 is 24.3 Å². The van der Waals surface area contributed by atoms with Crippen molar-refractivity contribution in [3.63, 3.8) is 0 Å². The van der Waals surface area contributed by atoms with Crippen LogP contribution in [0.3, 0.4) is 0 Å². The van der Waals surface area contributed by atoms with Gasteiger partial charge in [0.25, 0.3) is 0 Å². The Morgan fingerprint density at radius 1 is 0.812 bits per heavy atom. The molecule has 2 aliphatic carbocycles. The molecule has 1 saturated carbocycles. The molecule has 3 heterocycles. The quantitative estimate of drug-likeness (QED) is 0.287. The second kappa shape index (κ2) is 11.5. The molecule has 0 unspecified atom stereocenters. The standard InChI is InChI=1S/C40H41N3O5/c1-24-10-9-15-30(35(24)44)34-28-16-17-29-33(31(28)22-32-37(46)43(39(48)40(32,34)2)26-13-7-4-8-14-26)38(47)42(36(29)45)27-18-20-41(21-19-27)23-25-11-5-3-6-12-25/h3-16,27,29,31-34,44H,17-23H2,1-2H3/t29-,31+,32-,33-,34+,40+/m0/s1. The highest BCUT2D eigenvalue weighted by Gasteiger charge is 2.68. The van der Waals surface area contributed by atoms with Gasteiger partial charge in [0.1, 0.15) is 5.75 Å². The van der Waals surface area contributed by atoms with Crippen LogP contribution in [0.2, 0.25) is 0 Å². The smallest absolute Gasteiger partial charge is 0.241 e. The number of allylic oxidation sites excluding steroid dienone is 2. The molecular weight excluding hydrogens is 602 g/mol. The predicted molar refractivity (Wildman–Crippen MR) is 180 cm³/mol. The molecule has 48 heavy (non-hydrogen) atoms. The lowest BCUT2D eigenvalue weighted by Crippen LogP contribution is -2.49. The number of fused-ring (bicyclic) bond motifs is 4. The molecule has 3 saturated heterocycles. The Bertz CT molecular complexity index is 1830. The minimum Gasteiger partial charge on any atom is -0.507 e. The number of anilines is 1. The maximum Gasteiger partial charge on any atom is 0.241 e. The lowest BCUT2D eigenvalue weighted by molar-refractivity contribution is -0.144. The Kier molecular flexibility index (Phi) is 7.40. The summed E-state index contributed by atoms with van der Waals surface area (Å²) >= 11 is 0. The molecule has 0 bridgehead atoms. The zero-order valence-electron chi connectivity index (χ0n) is 27.4. The molecule has 0 aromatic heterocycles. The second-order valence-corrected chi connectivity index (χ2v) is 14.5. The van der Waals surface area contributed by atoms with Gasteiger partial charge in [0.2, 0.25) is 23.6 Å². The van der Waals surface area contributed by atoms with Crippen LogP contribution in [0.1, 0.15) is 55.2 Å². The zero-order valence-corrected chi connectivity index (χ0v) is 27.4. The van der Waals surface area contributed by atoms with E-state index in [-0.39, 0.29) is 41.3 Å². The maximum atomic E-state index is 14.5. The van der Waals surface area contributed by atoms with Crippen LogP contribution in [0.4, 0.5) is 5.69 Å². The monoisotopic (exact) mass is 643 g/mol. The van der Waals surface area contributed by atoms with Crippen LogP contribution < -0.4 is 4.90 Å². The van der Waals surface area contributed by atoms with Gasteiger partial charge in [-0.05, 0) is 68.7 Å². The largest absolute Gasteiger partial charge is 0.507 e. The number of nitrogens with zero attached hydrogens (tertiary/aromatic N) is 3. The van der Waals surface area contributed by atoms with E-state index in [1.165, 1.54) is 10.5 Å². The first kappa shape index (κ1) is 30.8. The Morgan fingerprint density at radius 2 is 1.50 bits per heavy atom. The number of aryl methyl sites for hydroxylation is 1. The number of carbonyl (C=O) groups excluding carboxylic acids is 4. The van der Waals surface area contributed by atoms with Crippen molar-refractivity contribution in [1.29, 1.82) is 0 Å². The molecule has 3 aromatic rings. The third kappa shape index (κ3) is 4.52. The molecule has 6 atom stereocenters. The van der Waals surface area contributed by atoms with Crippen molar-refractivity contribution >= 4 is 29.3 Å². The molecule has 8 rings (SSSR count). The number of hydrogen-bond acceptors (Lipinski definition) is 6. The van der Waals surface area contributed by atoms with Crippen LogP contribution in [0.5, 0.6) is 5.75 Å². The summed E-state index contributed by atoms with van der Waals surface area (Å²) in [6.45, 7) is 6.13. The molecule has 0 radical (unpaired) electrons. The molecular formula is C40H41N3O5. The predicted octanol–water partition coefficient (Wildman–Crippen LogP) is 5.60. The van der Waals surface area contributed by atoms with Gasteiger partial charge in [0, 0.05) is 37.2 Å². The van der Waals surface area contributed by atoms with E-state index in [9.17, 15) is 24.3 Å². The van der Waals surface area contributed by atoms with Crippen molar-refractivity contribution in [2.75, 3.05) is 18.0 Å². The summed E-state index contributed by atoms with van der Waals surface area (Å²) in [7, 11) is 0. The molecule has 0 spiro atoms. The van der Waals surface area contributed by atoms with Crippen molar-refractivity contribution in [2.45, 2.75) is 58.0 Å². The average molecular weight is 644 g/mol. The average Bonchev–Trinajstić information content (AvgIpc) is 3.47. The number of piperidine rings is 1. The van der Waals surface area contributed by atoms with Gasteiger partial charge >= 0.3 is 0 Å². The van der Waals surface area contributed by atoms with Crippen LogP contribution in [-0.2, 0) is 25.7 Å². The number of benzene rings is 3. The number of likely N-dealkylation sites (tertiary alicyclic amines) is 2.